The number of benzene rings is 1. The van der Waals surface area contributed by atoms with Gasteiger partial charge in [-0.2, -0.15) is 5.10 Å². The summed E-state index contributed by atoms with van der Waals surface area (Å²) in [6, 6.07) is 8.98. The summed E-state index contributed by atoms with van der Waals surface area (Å²) in [7, 11) is 0. The number of amides is 1. The molecular formula is C14H15N3O3. The van der Waals surface area contributed by atoms with Crippen LogP contribution in [0.1, 0.15) is 28.9 Å². The summed E-state index contributed by atoms with van der Waals surface area (Å²) in [6.07, 6.45) is 2.57. The van der Waals surface area contributed by atoms with Gasteiger partial charge >= 0.3 is 5.97 Å². The first kappa shape index (κ1) is 13.8. The van der Waals surface area contributed by atoms with Crippen molar-refractivity contribution in [1.82, 2.24) is 15.1 Å². The Morgan fingerprint density at radius 2 is 2.05 bits per heavy atom. The topological polar surface area (TPSA) is 84.2 Å². The summed E-state index contributed by atoms with van der Waals surface area (Å²) >= 11 is 0. The van der Waals surface area contributed by atoms with E-state index in [1.54, 1.807) is 6.92 Å². The third-order valence-corrected chi connectivity index (χ3v) is 2.93. The molecule has 6 heteroatoms. The Morgan fingerprint density at radius 1 is 1.35 bits per heavy atom. The summed E-state index contributed by atoms with van der Waals surface area (Å²) in [5.74, 6) is -1.28. The molecule has 0 aliphatic heterocycles. The molecule has 0 aliphatic carbocycles. The van der Waals surface area contributed by atoms with Gasteiger partial charge in [-0.1, -0.05) is 30.3 Å². The van der Waals surface area contributed by atoms with Crippen LogP contribution in [0.4, 0.5) is 0 Å². The number of rotatable bonds is 5. The second-order valence-electron chi connectivity index (χ2n) is 4.39. The first-order chi connectivity index (χ1) is 9.58. The number of aromatic nitrogens is 2. The number of nitrogens with zero attached hydrogens (tertiary/aromatic N) is 2. The molecule has 1 amide bonds. The fraction of sp³-hybridized carbons (Fsp3) is 0.214. The van der Waals surface area contributed by atoms with E-state index in [2.05, 4.69) is 10.4 Å². The molecule has 2 aromatic rings. The molecule has 2 N–H and O–H groups in total. The van der Waals surface area contributed by atoms with Crippen LogP contribution in [-0.2, 0) is 11.3 Å². The standard InChI is InChI=1S/C14H15N3O3/c1-10(17-9-12(8-16-17)14(19)20)13(18)15-7-11-5-3-2-4-6-11/h2-6,8-10H,7H2,1H3,(H,15,18)(H,19,20). The number of aromatic carboxylic acids is 1. The predicted molar refractivity (Wildman–Crippen MR) is 72.2 cm³/mol. The van der Waals surface area contributed by atoms with E-state index in [4.69, 9.17) is 5.11 Å². The van der Waals surface area contributed by atoms with Crippen LogP contribution < -0.4 is 5.32 Å². The van der Waals surface area contributed by atoms with Gasteiger partial charge in [0.15, 0.2) is 0 Å². The van der Waals surface area contributed by atoms with Crippen LogP contribution in [0, 0.1) is 0 Å². The van der Waals surface area contributed by atoms with E-state index >= 15 is 0 Å². The third kappa shape index (κ3) is 3.23. The average molecular weight is 273 g/mol. The van der Waals surface area contributed by atoms with Gasteiger partial charge in [0.2, 0.25) is 5.91 Å². The summed E-state index contributed by atoms with van der Waals surface area (Å²) in [6.45, 7) is 2.09. The van der Waals surface area contributed by atoms with Crippen molar-refractivity contribution in [1.29, 1.82) is 0 Å². The molecule has 0 radical (unpaired) electrons. The fourth-order valence-electron chi connectivity index (χ4n) is 1.71. The Balaban J connectivity index is 1.96. The first-order valence-corrected chi connectivity index (χ1v) is 6.17. The van der Waals surface area contributed by atoms with Gasteiger partial charge in [0.1, 0.15) is 6.04 Å². The van der Waals surface area contributed by atoms with Gasteiger partial charge in [0, 0.05) is 12.7 Å². The fourth-order valence-corrected chi connectivity index (χ4v) is 1.71. The second-order valence-corrected chi connectivity index (χ2v) is 4.39. The van der Waals surface area contributed by atoms with Gasteiger partial charge in [0.05, 0.1) is 11.8 Å². The Morgan fingerprint density at radius 3 is 2.65 bits per heavy atom. The van der Waals surface area contributed by atoms with E-state index in [-0.39, 0.29) is 11.5 Å². The lowest BCUT2D eigenvalue weighted by Gasteiger charge is -2.12. The predicted octanol–water partition coefficient (Wildman–Crippen LogP) is 1.46. The quantitative estimate of drug-likeness (QED) is 0.863. The molecule has 104 valence electrons. The van der Waals surface area contributed by atoms with Crippen molar-refractivity contribution < 1.29 is 14.7 Å². The van der Waals surface area contributed by atoms with Gasteiger partial charge < -0.3 is 10.4 Å². The smallest absolute Gasteiger partial charge is 0.338 e. The molecule has 0 saturated carbocycles. The van der Waals surface area contributed by atoms with Crippen LogP contribution in [0.2, 0.25) is 0 Å². The van der Waals surface area contributed by atoms with Crippen molar-refractivity contribution in [2.24, 2.45) is 0 Å². The number of carboxylic acid groups (broad SMARTS) is 1. The number of carbonyl (C=O) groups is 2. The SMILES string of the molecule is CC(C(=O)NCc1ccccc1)n1cc(C(=O)O)cn1. The number of nitrogens with one attached hydrogen (secondary N) is 1. The summed E-state index contributed by atoms with van der Waals surface area (Å²) in [4.78, 5) is 22.7. The maximum atomic E-state index is 12.0. The highest BCUT2D eigenvalue weighted by Gasteiger charge is 2.17. The van der Waals surface area contributed by atoms with Gasteiger partial charge in [-0.3, -0.25) is 9.48 Å². The zero-order valence-corrected chi connectivity index (χ0v) is 11.0. The van der Waals surface area contributed by atoms with Gasteiger partial charge in [0.25, 0.3) is 0 Å². The number of carboxylic acids is 1. The summed E-state index contributed by atoms with van der Waals surface area (Å²) in [5.41, 5.74) is 1.06. The lowest BCUT2D eigenvalue weighted by Crippen LogP contribution is -2.30. The van der Waals surface area contributed by atoms with Crippen molar-refractivity contribution in [2.45, 2.75) is 19.5 Å². The minimum atomic E-state index is -1.06. The van der Waals surface area contributed by atoms with Crippen molar-refractivity contribution in [3.05, 3.63) is 53.9 Å². The summed E-state index contributed by atoms with van der Waals surface area (Å²) in [5, 5.41) is 15.5. The van der Waals surface area contributed by atoms with Crippen LogP contribution >= 0.6 is 0 Å². The zero-order valence-electron chi connectivity index (χ0n) is 11.0. The first-order valence-electron chi connectivity index (χ1n) is 6.17. The second kappa shape index (κ2) is 6.01. The van der Waals surface area contributed by atoms with Crippen LogP contribution in [0.3, 0.4) is 0 Å². The normalized spacial score (nSPS) is 11.8. The van der Waals surface area contributed by atoms with E-state index in [1.807, 2.05) is 30.3 Å². The molecule has 1 aromatic heterocycles. The molecule has 1 atom stereocenters. The zero-order chi connectivity index (χ0) is 14.5. The highest BCUT2D eigenvalue weighted by Crippen LogP contribution is 2.07. The lowest BCUT2D eigenvalue weighted by molar-refractivity contribution is -0.124. The highest BCUT2D eigenvalue weighted by molar-refractivity contribution is 5.87. The van der Waals surface area contributed by atoms with Crippen LogP contribution in [0.25, 0.3) is 0 Å². The van der Waals surface area contributed by atoms with Crippen LogP contribution in [0.5, 0.6) is 0 Å². The van der Waals surface area contributed by atoms with E-state index in [0.29, 0.717) is 6.54 Å². The van der Waals surface area contributed by atoms with Gasteiger partial charge in [-0.25, -0.2) is 4.79 Å². The molecular weight excluding hydrogens is 258 g/mol. The maximum absolute atomic E-state index is 12.0. The maximum Gasteiger partial charge on any atom is 0.338 e. The number of hydrogen-bond donors (Lipinski definition) is 2. The molecule has 20 heavy (non-hydrogen) atoms. The molecule has 1 heterocycles. The highest BCUT2D eigenvalue weighted by atomic mass is 16.4. The Kier molecular flexibility index (Phi) is 4.14. The van der Waals surface area contributed by atoms with Gasteiger partial charge in [-0.15, -0.1) is 0 Å². The molecule has 6 nitrogen and oxygen atoms in total. The molecule has 1 aromatic carbocycles. The molecule has 1 unspecified atom stereocenters. The lowest BCUT2D eigenvalue weighted by atomic mass is 10.2. The Hall–Kier alpha value is -2.63. The largest absolute Gasteiger partial charge is 0.478 e. The Labute approximate surface area is 116 Å². The van der Waals surface area contributed by atoms with Crippen molar-refractivity contribution in [3.63, 3.8) is 0 Å². The van der Waals surface area contributed by atoms with E-state index in [1.165, 1.54) is 17.1 Å². The molecule has 0 fully saturated rings. The van der Waals surface area contributed by atoms with Gasteiger partial charge in [-0.05, 0) is 12.5 Å². The van der Waals surface area contributed by atoms with Crippen LogP contribution in [-0.4, -0.2) is 26.8 Å². The van der Waals surface area contributed by atoms with E-state index in [0.717, 1.165) is 5.56 Å². The average Bonchev–Trinajstić information content (AvgIpc) is 2.95. The Bertz CT molecular complexity index is 607. The van der Waals surface area contributed by atoms with Crippen molar-refractivity contribution >= 4 is 11.9 Å². The number of hydrogen-bond acceptors (Lipinski definition) is 3. The van der Waals surface area contributed by atoms with E-state index < -0.39 is 12.0 Å². The number of carbonyl (C=O) groups excluding carboxylic acids is 1. The van der Waals surface area contributed by atoms with Crippen molar-refractivity contribution in [2.75, 3.05) is 0 Å². The monoisotopic (exact) mass is 273 g/mol. The molecule has 0 aliphatic rings. The van der Waals surface area contributed by atoms with E-state index in [9.17, 15) is 9.59 Å². The molecule has 2 rings (SSSR count). The summed E-state index contributed by atoms with van der Waals surface area (Å²) < 4.78 is 1.34. The van der Waals surface area contributed by atoms with Crippen LogP contribution in [0.15, 0.2) is 42.7 Å². The minimum absolute atomic E-state index is 0.0627. The van der Waals surface area contributed by atoms with Crippen molar-refractivity contribution in [3.8, 4) is 0 Å². The minimum Gasteiger partial charge on any atom is -0.478 e. The molecule has 0 spiro atoms. The molecule has 0 bridgehead atoms. The third-order valence-electron chi connectivity index (χ3n) is 2.93. The molecule has 0 saturated heterocycles.